The van der Waals surface area contributed by atoms with Crippen molar-refractivity contribution in [2.24, 2.45) is 5.92 Å². The Kier molecular flexibility index (Phi) is 6.13. The van der Waals surface area contributed by atoms with Crippen molar-refractivity contribution < 1.29 is 14.7 Å². The molecule has 0 atom stereocenters. The van der Waals surface area contributed by atoms with Gasteiger partial charge in [-0.2, -0.15) is 0 Å². The largest absolute Gasteiger partial charge is 0.481 e. The topological polar surface area (TPSA) is 100 Å². The van der Waals surface area contributed by atoms with E-state index in [4.69, 9.17) is 5.11 Å². The fraction of sp³-hybridized carbons (Fsp3) is 0.684. The number of aromatic nitrogens is 3. The summed E-state index contributed by atoms with van der Waals surface area (Å²) in [6, 6.07) is 0.306. The first-order chi connectivity index (χ1) is 12.9. The zero-order chi connectivity index (χ0) is 19.4. The molecule has 1 fully saturated rings. The normalized spacial score (nSPS) is 23.7. The molecule has 8 nitrogen and oxygen atoms in total. The van der Waals surface area contributed by atoms with Gasteiger partial charge in [-0.05, 0) is 57.9 Å². The van der Waals surface area contributed by atoms with Gasteiger partial charge < -0.3 is 15.3 Å². The summed E-state index contributed by atoms with van der Waals surface area (Å²) in [4.78, 5) is 25.5. The zero-order valence-corrected chi connectivity index (χ0v) is 16.1. The summed E-state index contributed by atoms with van der Waals surface area (Å²) in [6.07, 6.45) is 8.41. The van der Waals surface area contributed by atoms with Gasteiger partial charge in [0.25, 0.3) is 0 Å². The maximum atomic E-state index is 12.6. The van der Waals surface area contributed by atoms with Crippen molar-refractivity contribution in [2.75, 3.05) is 13.1 Å². The van der Waals surface area contributed by atoms with Crippen molar-refractivity contribution >= 4 is 17.6 Å². The van der Waals surface area contributed by atoms with Crippen LogP contribution in [-0.4, -0.2) is 56.1 Å². The molecule has 8 heteroatoms. The SMILES string of the molecule is CC(C)n1cc(C2=CCCN(C(=O)NC3CCC(C(=O)O)CC3)CC2)nn1. The average Bonchev–Trinajstić information content (AvgIpc) is 3.01. The summed E-state index contributed by atoms with van der Waals surface area (Å²) < 4.78 is 1.85. The van der Waals surface area contributed by atoms with E-state index in [1.807, 2.05) is 15.8 Å². The van der Waals surface area contributed by atoms with E-state index in [1.165, 1.54) is 0 Å². The van der Waals surface area contributed by atoms with Crippen LogP contribution < -0.4 is 5.32 Å². The minimum atomic E-state index is -0.722. The Morgan fingerprint density at radius 3 is 2.59 bits per heavy atom. The van der Waals surface area contributed by atoms with Crippen molar-refractivity contribution in [1.29, 1.82) is 0 Å². The van der Waals surface area contributed by atoms with Gasteiger partial charge in [-0.3, -0.25) is 4.79 Å². The van der Waals surface area contributed by atoms with Gasteiger partial charge in [0.1, 0.15) is 5.69 Å². The van der Waals surface area contributed by atoms with Gasteiger partial charge in [0.2, 0.25) is 0 Å². The number of carboxylic acid groups (broad SMARTS) is 1. The van der Waals surface area contributed by atoms with Crippen molar-refractivity contribution in [3.63, 3.8) is 0 Å². The Bertz CT molecular complexity index is 704. The lowest BCUT2D eigenvalue weighted by Gasteiger charge is -2.29. The summed E-state index contributed by atoms with van der Waals surface area (Å²) in [5, 5.41) is 20.6. The van der Waals surface area contributed by atoms with Gasteiger partial charge in [0.15, 0.2) is 0 Å². The fourth-order valence-electron chi connectivity index (χ4n) is 3.73. The highest BCUT2D eigenvalue weighted by molar-refractivity contribution is 5.75. The van der Waals surface area contributed by atoms with Crippen LogP contribution in [0.3, 0.4) is 0 Å². The van der Waals surface area contributed by atoms with E-state index in [0.717, 1.165) is 37.0 Å². The number of rotatable bonds is 4. The van der Waals surface area contributed by atoms with Crippen LogP contribution in [0, 0.1) is 5.92 Å². The average molecular weight is 375 g/mol. The molecule has 0 unspecified atom stereocenters. The van der Waals surface area contributed by atoms with E-state index in [9.17, 15) is 9.59 Å². The molecule has 0 radical (unpaired) electrons. The Balaban J connectivity index is 1.50. The van der Waals surface area contributed by atoms with E-state index in [2.05, 4.69) is 35.6 Å². The number of aliphatic carboxylic acids is 1. The molecule has 1 saturated carbocycles. The van der Waals surface area contributed by atoms with Crippen LogP contribution in [0.5, 0.6) is 0 Å². The van der Waals surface area contributed by atoms with Crippen LogP contribution >= 0.6 is 0 Å². The minimum absolute atomic E-state index is 0.0470. The zero-order valence-electron chi connectivity index (χ0n) is 16.1. The number of nitrogens with zero attached hydrogens (tertiary/aromatic N) is 4. The molecule has 2 amide bonds. The lowest BCUT2D eigenvalue weighted by atomic mass is 9.86. The molecule has 1 aromatic heterocycles. The van der Waals surface area contributed by atoms with E-state index < -0.39 is 5.97 Å². The highest BCUT2D eigenvalue weighted by Crippen LogP contribution is 2.25. The molecule has 1 aliphatic heterocycles. The number of urea groups is 1. The van der Waals surface area contributed by atoms with E-state index in [0.29, 0.717) is 25.9 Å². The van der Waals surface area contributed by atoms with Crippen molar-refractivity contribution in [3.8, 4) is 0 Å². The first-order valence-electron chi connectivity index (χ1n) is 9.83. The first kappa shape index (κ1) is 19.4. The van der Waals surface area contributed by atoms with Crippen molar-refractivity contribution in [1.82, 2.24) is 25.2 Å². The third kappa shape index (κ3) is 4.87. The van der Waals surface area contributed by atoms with Gasteiger partial charge in [0, 0.05) is 25.2 Å². The Hall–Kier alpha value is -2.38. The van der Waals surface area contributed by atoms with Gasteiger partial charge in [0.05, 0.1) is 12.1 Å². The highest BCUT2D eigenvalue weighted by Gasteiger charge is 2.28. The van der Waals surface area contributed by atoms with E-state index in [1.54, 1.807) is 0 Å². The van der Waals surface area contributed by atoms with Gasteiger partial charge in [-0.25, -0.2) is 9.48 Å². The molecule has 0 aromatic carbocycles. The molecule has 1 aliphatic carbocycles. The van der Waals surface area contributed by atoms with Crippen LogP contribution in [0.25, 0.3) is 5.57 Å². The van der Waals surface area contributed by atoms with Crippen LogP contribution in [-0.2, 0) is 4.79 Å². The maximum Gasteiger partial charge on any atom is 0.317 e. The lowest BCUT2D eigenvalue weighted by molar-refractivity contribution is -0.142. The second-order valence-electron chi connectivity index (χ2n) is 7.77. The predicted octanol–water partition coefficient (Wildman–Crippen LogP) is 2.69. The number of amides is 2. The van der Waals surface area contributed by atoms with Crippen LogP contribution in [0.2, 0.25) is 0 Å². The number of carbonyl (C=O) groups excluding carboxylic acids is 1. The van der Waals surface area contributed by atoms with Crippen LogP contribution in [0.4, 0.5) is 4.79 Å². The summed E-state index contributed by atoms with van der Waals surface area (Å²) in [5.74, 6) is -0.984. The monoisotopic (exact) mass is 375 g/mol. The Morgan fingerprint density at radius 1 is 1.22 bits per heavy atom. The summed E-state index contributed by atoms with van der Waals surface area (Å²) in [6.45, 7) is 5.46. The molecule has 0 saturated heterocycles. The van der Waals surface area contributed by atoms with Crippen LogP contribution in [0.15, 0.2) is 12.3 Å². The fourth-order valence-corrected chi connectivity index (χ4v) is 3.73. The van der Waals surface area contributed by atoms with Crippen molar-refractivity contribution in [2.45, 2.75) is 64.5 Å². The van der Waals surface area contributed by atoms with E-state index in [-0.39, 0.29) is 24.0 Å². The van der Waals surface area contributed by atoms with Crippen LogP contribution in [0.1, 0.15) is 64.1 Å². The molecule has 2 aliphatic rings. The summed E-state index contributed by atoms with van der Waals surface area (Å²) in [5.41, 5.74) is 2.03. The van der Waals surface area contributed by atoms with Gasteiger partial charge >= 0.3 is 12.0 Å². The molecular formula is C19H29N5O3. The number of hydrogen-bond acceptors (Lipinski definition) is 4. The number of hydrogen-bond donors (Lipinski definition) is 2. The minimum Gasteiger partial charge on any atom is -0.481 e. The second-order valence-corrected chi connectivity index (χ2v) is 7.77. The van der Waals surface area contributed by atoms with Gasteiger partial charge in [-0.1, -0.05) is 11.3 Å². The molecule has 2 N–H and O–H groups in total. The molecule has 1 aromatic rings. The van der Waals surface area contributed by atoms with E-state index >= 15 is 0 Å². The molecule has 3 rings (SSSR count). The Labute approximate surface area is 159 Å². The standard InChI is InChI=1S/C19H29N5O3/c1-13(2)24-12-17(21-22-24)14-4-3-10-23(11-9-14)19(27)20-16-7-5-15(6-8-16)18(25)26/h4,12-13,15-16H,3,5-11H2,1-2H3,(H,20,27)(H,25,26). The highest BCUT2D eigenvalue weighted by atomic mass is 16.4. The third-order valence-electron chi connectivity index (χ3n) is 5.50. The third-order valence-corrected chi connectivity index (χ3v) is 5.50. The molecular weight excluding hydrogens is 346 g/mol. The predicted molar refractivity (Wildman–Crippen MR) is 101 cm³/mol. The summed E-state index contributed by atoms with van der Waals surface area (Å²) >= 11 is 0. The number of carbonyl (C=O) groups is 2. The Morgan fingerprint density at radius 2 is 1.96 bits per heavy atom. The lowest BCUT2D eigenvalue weighted by Crippen LogP contribution is -2.46. The first-order valence-corrected chi connectivity index (χ1v) is 9.83. The molecule has 27 heavy (non-hydrogen) atoms. The molecule has 0 bridgehead atoms. The molecule has 148 valence electrons. The molecule has 2 heterocycles. The van der Waals surface area contributed by atoms with Crippen molar-refractivity contribution in [3.05, 3.63) is 18.0 Å². The maximum absolute atomic E-state index is 12.6. The second kappa shape index (κ2) is 8.54. The number of nitrogens with one attached hydrogen (secondary N) is 1. The van der Waals surface area contributed by atoms with Gasteiger partial charge in [-0.15, -0.1) is 5.10 Å². The quantitative estimate of drug-likeness (QED) is 0.843. The molecule has 0 spiro atoms. The smallest absolute Gasteiger partial charge is 0.317 e. The number of carboxylic acids is 1. The summed E-state index contributed by atoms with van der Waals surface area (Å²) in [7, 11) is 0.